The molecule has 2 N–H and O–H groups in total. The molecule has 1 heterocycles. The van der Waals surface area contributed by atoms with Crippen LogP contribution in [0.5, 0.6) is 5.75 Å². The van der Waals surface area contributed by atoms with Crippen LogP contribution in [0, 0.1) is 5.92 Å². The summed E-state index contributed by atoms with van der Waals surface area (Å²) in [5.74, 6) is 0.971. The Morgan fingerprint density at radius 2 is 2.04 bits per heavy atom. The molecule has 4 unspecified atom stereocenters. The maximum atomic E-state index is 11.6. The second-order valence-corrected chi connectivity index (χ2v) is 7.81. The number of rotatable bonds is 5. The van der Waals surface area contributed by atoms with E-state index in [-0.39, 0.29) is 28.6 Å². The van der Waals surface area contributed by atoms with Crippen LogP contribution in [0.15, 0.2) is 24.3 Å². The minimum absolute atomic E-state index is 0.0691. The molecule has 130 valence electrons. The Morgan fingerprint density at radius 3 is 2.67 bits per heavy atom. The van der Waals surface area contributed by atoms with Crippen molar-refractivity contribution in [3.8, 4) is 5.75 Å². The van der Waals surface area contributed by atoms with E-state index >= 15 is 0 Å². The van der Waals surface area contributed by atoms with Gasteiger partial charge in [-0.1, -0.05) is 30.3 Å². The lowest BCUT2D eigenvalue weighted by molar-refractivity contribution is -0.118. The van der Waals surface area contributed by atoms with Crippen LogP contribution in [0.25, 0.3) is 0 Å². The Kier molecular flexibility index (Phi) is 5.46. The molecule has 4 atom stereocenters. The van der Waals surface area contributed by atoms with E-state index in [1.807, 2.05) is 24.3 Å². The summed E-state index contributed by atoms with van der Waals surface area (Å²) in [7, 11) is 0. The first-order chi connectivity index (χ1) is 11.5. The number of ether oxygens (including phenoxy) is 1. The molecule has 1 aromatic carbocycles. The molecule has 2 amide bonds. The van der Waals surface area contributed by atoms with E-state index in [9.17, 15) is 14.7 Å². The van der Waals surface area contributed by atoms with Crippen LogP contribution in [0.4, 0.5) is 4.79 Å². The van der Waals surface area contributed by atoms with Crippen LogP contribution in [0.3, 0.4) is 0 Å². The van der Waals surface area contributed by atoms with E-state index in [0.717, 1.165) is 48.8 Å². The summed E-state index contributed by atoms with van der Waals surface area (Å²) in [6.07, 6.45) is 4.26. The maximum Gasteiger partial charge on any atom is 0.286 e. The lowest BCUT2D eigenvalue weighted by atomic mass is 9.84. The average Bonchev–Trinajstić information content (AvgIpc) is 2.87. The Hall–Kier alpha value is -1.53. The summed E-state index contributed by atoms with van der Waals surface area (Å²) in [6, 6.07) is 7.69. The van der Waals surface area contributed by atoms with Crippen molar-refractivity contribution in [3.63, 3.8) is 0 Å². The zero-order valence-electron chi connectivity index (χ0n) is 13.7. The van der Waals surface area contributed by atoms with Gasteiger partial charge < -0.3 is 9.84 Å². The largest absolute Gasteiger partial charge is 0.490 e. The van der Waals surface area contributed by atoms with Gasteiger partial charge in [0.25, 0.3) is 5.24 Å². The number of amides is 2. The highest BCUT2D eigenvalue weighted by Gasteiger charge is 2.31. The molecule has 1 saturated carbocycles. The molecule has 1 aliphatic carbocycles. The number of hydrogen-bond donors (Lipinski definition) is 2. The number of carbonyl (C=O) groups excluding carboxylic acids is 2. The summed E-state index contributed by atoms with van der Waals surface area (Å²) in [5.41, 5.74) is 1.01. The summed E-state index contributed by atoms with van der Waals surface area (Å²) in [5, 5.41) is 11.5. The van der Waals surface area contributed by atoms with Crippen molar-refractivity contribution in [1.29, 1.82) is 0 Å². The monoisotopic (exact) mass is 349 g/mol. The van der Waals surface area contributed by atoms with Crippen molar-refractivity contribution in [2.45, 2.75) is 56.5 Å². The van der Waals surface area contributed by atoms with Gasteiger partial charge in [0.15, 0.2) is 0 Å². The van der Waals surface area contributed by atoms with Crippen molar-refractivity contribution in [2.75, 3.05) is 0 Å². The highest BCUT2D eigenvalue weighted by molar-refractivity contribution is 8.15. The number of carbonyl (C=O) groups is 2. The summed E-state index contributed by atoms with van der Waals surface area (Å²) in [6.45, 7) is 2.06. The molecule has 3 rings (SSSR count). The fourth-order valence-electron chi connectivity index (χ4n) is 3.38. The molecule has 2 fully saturated rings. The number of thioether (sulfide) groups is 1. The smallest absolute Gasteiger partial charge is 0.286 e. The second kappa shape index (κ2) is 7.57. The Labute approximate surface area is 146 Å². The highest BCUT2D eigenvalue weighted by atomic mass is 32.2. The van der Waals surface area contributed by atoms with E-state index < -0.39 is 0 Å². The highest BCUT2D eigenvalue weighted by Crippen LogP contribution is 2.29. The first-order valence-corrected chi connectivity index (χ1v) is 9.34. The number of aliphatic hydroxyl groups excluding tert-OH is 1. The molecule has 5 nitrogen and oxygen atoms in total. The minimum Gasteiger partial charge on any atom is -0.490 e. The third-order valence-corrected chi connectivity index (χ3v) is 5.77. The second-order valence-electron chi connectivity index (χ2n) is 6.63. The molecule has 0 spiro atoms. The van der Waals surface area contributed by atoms with E-state index in [1.165, 1.54) is 0 Å². The van der Waals surface area contributed by atoms with E-state index in [0.29, 0.717) is 12.3 Å². The van der Waals surface area contributed by atoms with E-state index in [1.54, 1.807) is 0 Å². The van der Waals surface area contributed by atoms with Gasteiger partial charge in [-0.05, 0) is 56.2 Å². The zero-order chi connectivity index (χ0) is 17.1. The van der Waals surface area contributed by atoms with Crippen LogP contribution >= 0.6 is 11.8 Å². The molecule has 0 radical (unpaired) electrons. The Balaban J connectivity index is 1.54. The molecule has 1 aliphatic heterocycles. The van der Waals surface area contributed by atoms with Crippen LogP contribution in [0.1, 0.15) is 38.2 Å². The third-order valence-electron chi connectivity index (χ3n) is 4.78. The molecule has 0 aromatic heterocycles. The number of hydrogen-bond acceptors (Lipinski definition) is 5. The van der Waals surface area contributed by atoms with Gasteiger partial charge in [0.05, 0.1) is 17.5 Å². The van der Waals surface area contributed by atoms with Crippen LogP contribution in [0.2, 0.25) is 0 Å². The fourth-order valence-corrected chi connectivity index (χ4v) is 4.24. The third kappa shape index (κ3) is 4.30. The first kappa shape index (κ1) is 17.3. The number of aliphatic hydroxyl groups is 1. The van der Waals surface area contributed by atoms with Crippen molar-refractivity contribution in [3.05, 3.63) is 29.8 Å². The number of imide groups is 1. The minimum atomic E-state index is -0.341. The molecule has 1 saturated heterocycles. The van der Waals surface area contributed by atoms with Crippen molar-refractivity contribution >= 4 is 22.9 Å². The van der Waals surface area contributed by atoms with Crippen LogP contribution in [-0.2, 0) is 11.2 Å². The lowest BCUT2D eigenvalue weighted by Crippen LogP contribution is -2.30. The van der Waals surface area contributed by atoms with Gasteiger partial charge in [-0.15, -0.1) is 0 Å². The number of nitrogens with one attached hydrogen (secondary N) is 1. The molecular formula is C18H23NO4S. The van der Waals surface area contributed by atoms with Gasteiger partial charge in [0.1, 0.15) is 5.75 Å². The molecule has 2 aliphatic rings. The lowest BCUT2D eigenvalue weighted by Gasteiger charge is -2.30. The molecular weight excluding hydrogens is 326 g/mol. The predicted molar refractivity (Wildman–Crippen MR) is 93.1 cm³/mol. The van der Waals surface area contributed by atoms with Crippen LogP contribution in [-0.4, -0.2) is 33.7 Å². The standard InChI is InChI=1S/C18H23NO4S/c1-11(13-3-2-4-14(20)10-13)23-15-7-5-12(6-8-15)9-16-17(21)19-18(22)24-16/h5-8,11,13-14,16,20H,2-4,9-10H2,1H3,(H,19,21,22). The molecule has 24 heavy (non-hydrogen) atoms. The van der Waals surface area contributed by atoms with Crippen molar-refractivity contribution in [2.24, 2.45) is 5.92 Å². The van der Waals surface area contributed by atoms with E-state index in [4.69, 9.17) is 4.74 Å². The van der Waals surface area contributed by atoms with Gasteiger partial charge in [-0.2, -0.15) is 0 Å². The fraction of sp³-hybridized carbons (Fsp3) is 0.556. The normalized spacial score (nSPS) is 28.5. The predicted octanol–water partition coefficient (Wildman–Crippen LogP) is 2.90. The quantitative estimate of drug-likeness (QED) is 0.855. The van der Waals surface area contributed by atoms with E-state index in [2.05, 4.69) is 12.2 Å². The maximum absolute atomic E-state index is 11.6. The van der Waals surface area contributed by atoms with Crippen LogP contribution < -0.4 is 10.1 Å². The molecule has 1 aromatic rings. The summed E-state index contributed by atoms with van der Waals surface area (Å²) < 4.78 is 6.02. The SMILES string of the molecule is CC(Oc1ccc(CC2SC(=O)NC2=O)cc1)C1CCCC(O)C1. The Morgan fingerprint density at radius 1 is 1.29 bits per heavy atom. The average molecular weight is 349 g/mol. The van der Waals surface area contributed by atoms with Gasteiger partial charge in [-0.25, -0.2) is 0 Å². The zero-order valence-corrected chi connectivity index (χ0v) is 14.6. The van der Waals surface area contributed by atoms with Crippen molar-refractivity contribution in [1.82, 2.24) is 5.32 Å². The molecule has 0 bridgehead atoms. The summed E-state index contributed by atoms with van der Waals surface area (Å²) in [4.78, 5) is 22.8. The van der Waals surface area contributed by atoms with Gasteiger partial charge >= 0.3 is 0 Å². The molecule has 6 heteroatoms. The summed E-state index contributed by atoms with van der Waals surface area (Å²) >= 11 is 1.05. The topological polar surface area (TPSA) is 75.6 Å². The van der Waals surface area contributed by atoms with Gasteiger partial charge in [0.2, 0.25) is 5.91 Å². The van der Waals surface area contributed by atoms with Gasteiger partial charge in [-0.3, -0.25) is 14.9 Å². The Bertz CT molecular complexity index is 604. The number of benzene rings is 1. The van der Waals surface area contributed by atoms with Crippen molar-refractivity contribution < 1.29 is 19.4 Å². The van der Waals surface area contributed by atoms with Gasteiger partial charge in [0, 0.05) is 0 Å². The first-order valence-electron chi connectivity index (χ1n) is 8.46.